The number of amides is 2. The van der Waals surface area contributed by atoms with Crippen LogP contribution in [0.3, 0.4) is 0 Å². The van der Waals surface area contributed by atoms with Crippen LogP contribution in [0.15, 0.2) is 22.7 Å². The largest absolute Gasteiger partial charge is 0.476 e. The molecule has 0 aliphatic carbocycles. The maximum absolute atomic E-state index is 11.5. The van der Waals surface area contributed by atoms with Crippen LogP contribution in [0.2, 0.25) is 0 Å². The summed E-state index contributed by atoms with van der Waals surface area (Å²) < 4.78 is 1.57. The average Bonchev–Trinajstić information content (AvgIpc) is 3.05. The van der Waals surface area contributed by atoms with Gasteiger partial charge in [-0.1, -0.05) is 11.3 Å². The predicted molar refractivity (Wildman–Crippen MR) is 74.4 cm³/mol. The van der Waals surface area contributed by atoms with Gasteiger partial charge in [-0.3, -0.25) is 4.79 Å². The van der Waals surface area contributed by atoms with Gasteiger partial charge >= 0.3 is 16.9 Å². The standard InChI is InChI=1S/C11H13N5O4S/c17-9(18)8-4-16(6-14-8)2-1-12-10(19)13-3-7-5-21-11(20)15-7/h4-6H,1-3H2,(H,15,20)(H,17,18)(H2,12,13,19). The molecule has 2 rings (SSSR count). The minimum Gasteiger partial charge on any atom is -0.476 e. The van der Waals surface area contributed by atoms with Crippen molar-refractivity contribution in [1.82, 2.24) is 25.2 Å². The van der Waals surface area contributed by atoms with Crippen molar-refractivity contribution in [3.63, 3.8) is 0 Å². The number of carbonyl (C=O) groups excluding carboxylic acids is 1. The Hall–Kier alpha value is -2.62. The Morgan fingerprint density at radius 2 is 2.24 bits per heavy atom. The van der Waals surface area contributed by atoms with Crippen LogP contribution in [0.25, 0.3) is 0 Å². The van der Waals surface area contributed by atoms with Gasteiger partial charge in [0.1, 0.15) is 0 Å². The molecular weight excluding hydrogens is 298 g/mol. The smallest absolute Gasteiger partial charge is 0.356 e. The van der Waals surface area contributed by atoms with E-state index in [1.54, 1.807) is 9.95 Å². The summed E-state index contributed by atoms with van der Waals surface area (Å²) in [7, 11) is 0. The van der Waals surface area contributed by atoms with Crippen molar-refractivity contribution in [2.45, 2.75) is 13.1 Å². The molecule has 0 spiro atoms. The summed E-state index contributed by atoms with van der Waals surface area (Å²) in [5.74, 6) is -1.09. The molecule has 2 amide bonds. The van der Waals surface area contributed by atoms with Gasteiger partial charge in [-0.2, -0.15) is 0 Å². The summed E-state index contributed by atoms with van der Waals surface area (Å²) in [6, 6.07) is -0.374. The number of carboxylic acid groups (broad SMARTS) is 1. The van der Waals surface area contributed by atoms with Crippen LogP contribution in [0.4, 0.5) is 4.79 Å². The molecule has 10 heteroatoms. The minimum atomic E-state index is -1.09. The lowest BCUT2D eigenvalue weighted by Crippen LogP contribution is -2.36. The second-order valence-electron chi connectivity index (χ2n) is 4.08. The first-order chi connectivity index (χ1) is 10.0. The second kappa shape index (κ2) is 6.70. The number of rotatable bonds is 6. The molecule has 112 valence electrons. The van der Waals surface area contributed by atoms with Gasteiger partial charge in [0.15, 0.2) is 5.69 Å². The molecule has 4 N–H and O–H groups in total. The van der Waals surface area contributed by atoms with E-state index in [0.717, 1.165) is 11.3 Å². The Balaban J connectivity index is 1.69. The molecule has 2 aromatic rings. The number of urea groups is 1. The molecule has 0 aliphatic rings. The van der Waals surface area contributed by atoms with Crippen molar-refractivity contribution >= 4 is 23.3 Å². The molecule has 9 nitrogen and oxygen atoms in total. The number of nitrogens with one attached hydrogen (secondary N) is 3. The number of aromatic amines is 1. The van der Waals surface area contributed by atoms with E-state index in [9.17, 15) is 14.4 Å². The van der Waals surface area contributed by atoms with E-state index < -0.39 is 5.97 Å². The zero-order chi connectivity index (χ0) is 15.2. The van der Waals surface area contributed by atoms with Crippen molar-refractivity contribution < 1.29 is 14.7 Å². The van der Waals surface area contributed by atoms with Gasteiger partial charge in [-0.05, 0) is 0 Å². The highest BCUT2D eigenvalue weighted by Gasteiger charge is 2.06. The third-order valence-corrected chi connectivity index (χ3v) is 3.24. The van der Waals surface area contributed by atoms with Crippen molar-refractivity contribution in [2.24, 2.45) is 0 Å². The fourth-order valence-corrected chi connectivity index (χ4v) is 2.11. The van der Waals surface area contributed by atoms with E-state index >= 15 is 0 Å². The van der Waals surface area contributed by atoms with Crippen molar-refractivity contribution in [3.05, 3.63) is 39.0 Å². The van der Waals surface area contributed by atoms with Gasteiger partial charge in [0.25, 0.3) is 0 Å². The molecule has 0 saturated carbocycles. The third-order valence-electron chi connectivity index (χ3n) is 2.52. The molecule has 0 bridgehead atoms. The average molecular weight is 311 g/mol. The zero-order valence-corrected chi connectivity index (χ0v) is 11.6. The van der Waals surface area contributed by atoms with Gasteiger partial charge in [-0.25, -0.2) is 14.6 Å². The first-order valence-electron chi connectivity index (χ1n) is 5.98. The Kier molecular flexibility index (Phi) is 4.72. The molecule has 21 heavy (non-hydrogen) atoms. The second-order valence-corrected chi connectivity index (χ2v) is 4.93. The normalized spacial score (nSPS) is 10.3. The Labute approximate surface area is 122 Å². The molecule has 0 fully saturated rings. The quantitative estimate of drug-likeness (QED) is 0.588. The number of nitrogens with zero attached hydrogens (tertiary/aromatic N) is 2. The highest BCUT2D eigenvalue weighted by molar-refractivity contribution is 7.07. The number of aromatic nitrogens is 3. The SMILES string of the molecule is O=C(NCCn1cnc(C(=O)O)c1)NCc1csc(=O)[nH]1. The van der Waals surface area contributed by atoms with E-state index in [-0.39, 0.29) is 23.1 Å². The van der Waals surface area contributed by atoms with Crippen LogP contribution in [0.1, 0.15) is 16.2 Å². The lowest BCUT2D eigenvalue weighted by molar-refractivity contribution is 0.0691. The monoisotopic (exact) mass is 311 g/mol. The van der Waals surface area contributed by atoms with Crippen LogP contribution in [-0.4, -0.2) is 38.2 Å². The molecular formula is C11H13N5O4S. The summed E-state index contributed by atoms with van der Waals surface area (Å²) in [6.07, 6.45) is 2.77. The van der Waals surface area contributed by atoms with E-state index in [4.69, 9.17) is 5.11 Å². The van der Waals surface area contributed by atoms with Gasteiger partial charge < -0.3 is 25.3 Å². The van der Waals surface area contributed by atoms with E-state index in [2.05, 4.69) is 20.6 Å². The third kappa shape index (κ3) is 4.45. The fraction of sp³-hybridized carbons (Fsp3) is 0.273. The molecule has 0 unspecified atom stereocenters. The molecule has 2 aromatic heterocycles. The number of H-pyrrole nitrogens is 1. The van der Waals surface area contributed by atoms with Crippen LogP contribution < -0.4 is 15.5 Å². The minimum absolute atomic E-state index is 0.0409. The Morgan fingerprint density at radius 1 is 1.43 bits per heavy atom. The number of thiazole rings is 1. The van der Waals surface area contributed by atoms with Crippen molar-refractivity contribution in [3.8, 4) is 0 Å². The van der Waals surface area contributed by atoms with Crippen LogP contribution in [0, 0.1) is 0 Å². The molecule has 0 atom stereocenters. The summed E-state index contributed by atoms with van der Waals surface area (Å²) >= 11 is 1.03. The van der Waals surface area contributed by atoms with E-state index in [1.807, 2.05) is 0 Å². The topological polar surface area (TPSA) is 129 Å². The highest BCUT2D eigenvalue weighted by Crippen LogP contribution is 1.96. The molecule has 0 radical (unpaired) electrons. The fourth-order valence-electron chi connectivity index (χ4n) is 1.53. The first kappa shape index (κ1) is 14.8. The van der Waals surface area contributed by atoms with Gasteiger partial charge in [0.05, 0.1) is 12.9 Å². The van der Waals surface area contributed by atoms with Crippen LogP contribution in [-0.2, 0) is 13.1 Å². The maximum Gasteiger partial charge on any atom is 0.356 e. The predicted octanol–water partition coefficient (Wildman–Crippen LogP) is -0.169. The summed E-state index contributed by atoms with van der Waals surface area (Å²) in [5, 5.41) is 15.6. The zero-order valence-electron chi connectivity index (χ0n) is 10.8. The molecule has 2 heterocycles. The summed E-state index contributed by atoms with van der Waals surface area (Å²) in [4.78, 5) is 39.1. The first-order valence-corrected chi connectivity index (χ1v) is 6.86. The lowest BCUT2D eigenvalue weighted by atomic mass is 10.5. The number of aromatic carboxylic acids is 1. The van der Waals surface area contributed by atoms with Crippen molar-refractivity contribution in [2.75, 3.05) is 6.54 Å². The van der Waals surface area contributed by atoms with Gasteiger partial charge in [-0.15, -0.1) is 0 Å². The number of carboxylic acids is 1. The van der Waals surface area contributed by atoms with Crippen molar-refractivity contribution in [1.29, 1.82) is 0 Å². The maximum atomic E-state index is 11.5. The van der Waals surface area contributed by atoms with Crippen LogP contribution in [0.5, 0.6) is 0 Å². The number of hydrogen-bond donors (Lipinski definition) is 4. The summed E-state index contributed by atoms with van der Waals surface area (Å²) in [5.41, 5.74) is 0.599. The number of imidazole rings is 1. The Morgan fingerprint density at radius 3 is 2.86 bits per heavy atom. The van der Waals surface area contributed by atoms with E-state index in [1.165, 1.54) is 12.5 Å². The number of hydrogen-bond acceptors (Lipinski definition) is 5. The lowest BCUT2D eigenvalue weighted by Gasteiger charge is -2.06. The molecule has 0 saturated heterocycles. The summed E-state index contributed by atoms with van der Waals surface area (Å²) in [6.45, 7) is 0.962. The number of carbonyl (C=O) groups is 2. The van der Waals surface area contributed by atoms with Crippen LogP contribution >= 0.6 is 11.3 Å². The molecule has 0 aromatic carbocycles. The highest BCUT2D eigenvalue weighted by atomic mass is 32.1. The molecule has 0 aliphatic heterocycles. The van der Waals surface area contributed by atoms with E-state index in [0.29, 0.717) is 18.8 Å². The van der Waals surface area contributed by atoms with Gasteiger partial charge in [0, 0.05) is 30.4 Å². The Bertz CT molecular complexity index is 689. The van der Waals surface area contributed by atoms with Gasteiger partial charge in [0.2, 0.25) is 0 Å².